The van der Waals surface area contributed by atoms with E-state index in [0.717, 1.165) is 12.0 Å². The molecule has 14 nitrogen and oxygen atoms in total. The number of cyclic esters (lactones) is 1. The first-order chi connectivity index (χ1) is 31.3. The summed E-state index contributed by atoms with van der Waals surface area (Å²) in [4.78, 5) is 72.5. The molecule has 0 aromatic rings. The number of esters is 2. The molecule has 0 spiro atoms. The maximum atomic E-state index is 14.9. The van der Waals surface area contributed by atoms with Crippen LogP contribution >= 0.6 is 0 Å². The lowest BCUT2D eigenvalue weighted by Gasteiger charge is -2.48. The molecule has 2 saturated heterocycles. The molecule has 4 rings (SSSR count). The molecule has 1 saturated carbocycles. The van der Waals surface area contributed by atoms with Crippen molar-refractivity contribution in [2.75, 3.05) is 27.9 Å². The lowest BCUT2D eigenvalue weighted by molar-refractivity contribution is -0.302. The summed E-state index contributed by atoms with van der Waals surface area (Å²) in [5, 5.41) is 12.2. The summed E-state index contributed by atoms with van der Waals surface area (Å²) in [7, 11) is 3.50. The van der Waals surface area contributed by atoms with Gasteiger partial charge in [0.2, 0.25) is 14.8 Å². The summed E-state index contributed by atoms with van der Waals surface area (Å²) in [6.07, 6.45) is 6.05. The molecule has 1 amide bonds. The molecule has 14 atom stereocenters. The lowest BCUT2D eigenvalue weighted by atomic mass is 9.66. The van der Waals surface area contributed by atoms with Crippen LogP contribution in [0.25, 0.3) is 0 Å². The summed E-state index contributed by atoms with van der Waals surface area (Å²) in [6.45, 7) is 25.4. The van der Waals surface area contributed by atoms with Crippen LogP contribution < -0.4 is 0 Å². The number of ether oxygens (including phenoxy) is 6. The number of fused-ring (bicyclic) bond motifs is 3. The Morgan fingerprint density at radius 1 is 0.955 bits per heavy atom. The molecule has 1 N–H and O–H groups in total. The van der Waals surface area contributed by atoms with Gasteiger partial charge in [-0.2, -0.15) is 0 Å². The number of piperidine rings is 1. The van der Waals surface area contributed by atoms with Crippen LogP contribution in [0.2, 0.25) is 13.1 Å². The van der Waals surface area contributed by atoms with Crippen molar-refractivity contribution in [3.05, 3.63) is 36.0 Å². The first-order valence-electron chi connectivity index (χ1n) is 24.6. The van der Waals surface area contributed by atoms with Gasteiger partial charge in [-0.15, -0.1) is 6.58 Å². The van der Waals surface area contributed by atoms with Crippen molar-refractivity contribution in [3.8, 4) is 0 Å². The van der Waals surface area contributed by atoms with Gasteiger partial charge in [-0.3, -0.25) is 19.2 Å². The normalized spacial score (nSPS) is 37.2. The van der Waals surface area contributed by atoms with Crippen LogP contribution in [0.3, 0.4) is 0 Å². The van der Waals surface area contributed by atoms with E-state index in [4.69, 9.17) is 32.8 Å². The zero-order valence-corrected chi connectivity index (χ0v) is 44.1. The van der Waals surface area contributed by atoms with E-state index < -0.39 is 98.4 Å². The molecule has 0 aromatic heterocycles. The Bertz CT molecular complexity index is 1810. The Morgan fingerprint density at radius 2 is 1.60 bits per heavy atom. The largest absolute Gasteiger partial charge is 0.462 e. The van der Waals surface area contributed by atoms with Crippen LogP contribution in [0.15, 0.2) is 36.0 Å². The highest BCUT2D eigenvalue weighted by Crippen LogP contribution is 2.46. The van der Waals surface area contributed by atoms with Crippen molar-refractivity contribution < 1.29 is 61.9 Å². The molecule has 3 aliphatic heterocycles. The molecule has 1 aliphatic carbocycles. The number of allylic oxidation sites excluding steroid dienone is 3. The minimum Gasteiger partial charge on any atom is -0.462 e. The number of hydrogen-bond donors (Lipinski definition) is 1. The average molecular weight is 959 g/mol. The fraction of sp³-hybridized carbons (Fsp3) is 0.788. The van der Waals surface area contributed by atoms with Gasteiger partial charge in [0, 0.05) is 65.4 Å². The number of aliphatic hydroxyl groups is 1. The monoisotopic (exact) mass is 959 g/mol. The minimum atomic E-state index is -2.54. The number of nitrogens with zero attached hydrogens (tertiary/aromatic N) is 1. The van der Waals surface area contributed by atoms with Gasteiger partial charge in [0.15, 0.2) is 0 Å². The quantitative estimate of drug-likeness (QED) is 0.0970. The number of hydrogen-bond acceptors (Lipinski definition) is 13. The third-order valence-corrected chi connectivity index (χ3v) is 15.6. The van der Waals surface area contributed by atoms with E-state index in [-0.39, 0.29) is 54.9 Å². The summed E-state index contributed by atoms with van der Waals surface area (Å²) in [5.74, 6) is -8.26. The Morgan fingerprint density at radius 3 is 2.18 bits per heavy atom. The van der Waals surface area contributed by atoms with Gasteiger partial charge in [0.25, 0.3) is 11.7 Å². The number of amides is 1. The van der Waals surface area contributed by atoms with E-state index in [9.17, 15) is 29.1 Å². The highest BCUT2D eigenvalue weighted by molar-refractivity contribution is 6.48. The van der Waals surface area contributed by atoms with Crippen molar-refractivity contribution in [1.82, 2.24) is 4.90 Å². The first kappa shape index (κ1) is 56.5. The maximum Gasteiger partial charge on any atom is 0.329 e. The molecule has 379 valence electrons. The van der Waals surface area contributed by atoms with Crippen LogP contribution in [0.1, 0.15) is 133 Å². The standard InChI is InChI=1S/C52H84NO13Si/c1-16-19-37-25-31(2)24-32(3)26-42(60-11)46-43(61-12)27-34(5)52(59,65-46)47(56)48(57)53-23-18-17-20-39(53)49(58)64-45(35(6)41(28-40(37)55)63-36(7)54)33(4)29-51(66-67(14)15)22-21-38(50(8,9)10)44(30-51)62-13/h16,25,29,32,34-35,37-39,41-46,59H,1,17-24,26-28,30H2,2-15H3. The number of carbonyl (C=O) groups excluding carboxylic acids is 5. The third kappa shape index (κ3) is 14.1. The van der Waals surface area contributed by atoms with Gasteiger partial charge < -0.3 is 42.9 Å². The van der Waals surface area contributed by atoms with E-state index in [1.807, 2.05) is 32.9 Å². The maximum absolute atomic E-state index is 14.9. The van der Waals surface area contributed by atoms with E-state index in [1.54, 1.807) is 27.0 Å². The molecule has 14 unspecified atom stereocenters. The average Bonchev–Trinajstić information content (AvgIpc) is 3.25. The smallest absolute Gasteiger partial charge is 0.329 e. The Hall–Kier alpha value is -3.05. The predicted octanol–water partition coefficient (Wildman–Crippen LogP) is 7.90. The van der Waals surface area contributed by atoms with E-state index in [1.165, 1.54) is 26.0 Å². The fourth-order valence-electron chi connectivity index (χ4n) is 11.3. The zero-order chi connectivity index (χ0) is 50.2. The lowest BCUT2D eigenvalue weighted by Crippen LogP contribution is -2.64. The fourth-order valence-corrected chi connectivity index (χ4v) is 12.4. The minimum absolute atomic E-state index is 0.0186. The van der Waals surface area contributed by atoms with Gasteiger partial charge >= 0.3 is 11.9 Å². The summed E-state index contributed by atoms with van der Waals surface area (Å²) in [5.41, 5.74) is 0.757. The first-order valence-corrected chi connectivity index (χ1v) is 27.0. The van der Waals surface area contributed by atoms with Crippen molar-refractivity contribution in [2.45, 2.75) is 200 Å². The van der Waals surface area contributed by atoms with Crippen LogP contribution in [-0.4, -0.2) is 130 Å². The molecule has 15 heteroatoms. The zero-order valence-electron chi connectivity index (χ0n) is 43.1. The number of Topliss-reactive ketones (excluding diaryl/α,β-unsaturated/α-hetero) is 2. The molecule has 67 heavy (non-hydrogen) atoms. The molecule has 4 aliphatic rings. The SMILES string of the molecule is C=CCC1C=C(C)CC(C)CC(OC)C2OC(O)(C(=O)C(=O)N3CCCCC3C(=O)OC(C(C)=CC3(O[Si](C)C)CCC(C(C)(C)C)C(OC)C3)C(C)C(OC(C)=O)CC1=O)C(C)CC2OC. The molecule has 1 radical (unpaired) electrons. The number of carbonyl (C=O) groups is 5. The number of rotatable bonds is 10. The number of methoxy groups -OCH3 is 3. The molecular weight excluding hydrogens is 875 g/mol. The van der Waals surface area contributed by atoms with Crippen LogP contribution in [-0.2, 0) is 56.8 Å². The number of ketones is 2. The molecular formula is C52H84NO13Si. The van der Waals surface area contributed by atoms with Crippen LogP contribution in [0.4, 0.5) is 0 Å². The Kier molecular flexibility index (Phi) is 20.4. The van der Waals surface area contributed by atoms with Crippen molar-refractivity contribution in [1.29, 1.82) is 0 Å². The van der Waals surface area contributed by atoms with Gasteiger partial charge in [-0.05, 0) is 108 Å². The summed E-state index contributed by atoms with van der Waals surface area (Å²) < 4.78 is 43.8. The van der Waals surface area contributed by atoms with Gasteiger partial charge in [-0.25, -0.2) is 4.79 Å². The summed E-state index contributed by atoms with van der Waals surface area (Å²) >= 11 is 0. The second-order valence-corrected chi connectivity index (χ2v) is 23.5. The highest BCUT2D eigenvalue weighted by atomic mass is 28.3. The van der Waals surface area contributed by atoms with Crippen molar-refractivity contribution >= 4 is 38.5 Å². The van der Waals surface area contributed by atoms with E-state index in [2.05, 4.69) is 40.4 Å². The molecule has 2 bridgehead atoms. The van der Waals surface area contributed by atoms with Gasteiger partial charge in [-0.1, -0.05) is 65.3 Å². The molecule has 0 aromatic carbocycles. The van der Waals surface area contributed by atoms with Gasteiger partial charge in [0.1, 0.15) is 30.1 Å². The second-order valence-electron chi connectivity index (χ2n) is 21.5. The topological polar surface area (TPSA) is 173 Å². The highest BCUT2D eigenvalue weighted by Gasteiger charge is 2.57. The molecule has 3 heterocycles. The van der Waals surface area contributed by atoms with Crippen molar-refractivity contribution in [3.63, 3.8) is 0 Å². The second kappa shape index (κ2) is 24.2. The third-order valence-electron chi connectivity index (χ3n) is 14.8. The van der Waals surface area contributed by atoms with E-state index in [0.29, 0.717) is 50.5 Å². The Balaban J connectivity index is 1.91. The Labute approximate surface area is 403 Å². The van der Waals surface area contributed by atoms with Crippen LogP contribution in [0, 0.1) is 35.0 Å². The van der Waals surface area contributed by atoms with Crippen molar-refractivity contribution in [2.24, 2.45) is 35.0 Å². The van der Waals surface area contributed by atoms with Gasteiger partial charge in [0.05, 0.1) is 23.9 Å². The van der Waals surface area contributed by atoms with Crippen LogP contribution in [0.5, 0.6) is 0 Å². The van der Waals surface area contributed by atoms with E-state index >= 15 is 0 Å². The molecule has 3 fully saturated rings. The summed E-state index contributed by atoms with van der Waals surface area (Å²) in [6, 6.07) is -1.19. The predicted molar refractivity (Wildman–Crippen MR) is 257 cm³/mol.